The number of rotatable bonds is 8. The second-order valence-corrected chi connectivity index (χ2v) is 8.70. The number of nitrogens with zero attached hydrogens (tertiary/aromatic N) is 2. The molecule has 4 aromatic rings. The van der Waals surface area contributed by atoms with Gasteiger partial charge in [-0.25, -0.2) is 4.68 Å². The normalized spacial score (nSPS) is 12.0. The molecule has 4 N–H and O–H groups in total. The van der Waals surface area contributed by atoms with Crippen molar-refractivity contribution in [2.75, 3.05) is 5.32 Å². The van der Waals surface area contributed by atoms with Crippen LogP contribution in [0.3, 0.4) is 0 Å². The summed E-state index contributed by atoms with van der Waals surface area (Å²) in [6.45, 7) is 6.56. The van der Waals surface area contributed by atoms with Crippen LogP contribution in [0.15, 0.2) is 84.9 Å². The van der Waals surface area contributed by atoms with Crippen molar-refractivity contribution < 1.29 is 4.79 Å². The van der Waals surface area contributed by atoms with Gasteiger partial charge in [0.1, 0.15) is 5.69 Å². The van der Waals surface area contributed by atoms with Gasteiger partial charge in [-0.3, -0.25) is 4.79 Å². The highest BCUT2D eigenvalue weighted by atomic mass is 16.2. The Balaban J connectivity index is 1.62. The van der Waals surface area contributed by atoms with Crippen LogP contribution in [0.5, 0.6) is 0 Å². The van der Waals surface area contributed by atoms with Crippen molar-refractivity contribution in [3.05, 3.63) is 113 Å². The summed E-state index contributed by atoms with van der Waals surface area (Å²) in [6.07, 6.45) is 0. The maximum absolute atomic E-state index is 13.3. The topological polar surface area (TPSA) is 85.0 Å². The minimum atomic E-state index is -0.219. The molecule has 0 aliphatic rings. The van der Waals surface area contributed by atoms with Gasteiger partial charge in [-0.2, -0.15) is 5.10 Å². The van der Waals surface area contributed by atoms with Crippen LogP contribution in [0.2, 0.25) is 0 Å². The lowest BCUT2D eigenvalue weighted by Crippen LogP contribution is -2.29. The van der Waals surface area contributed by atoms with E-state index in [1.54, 1.807) is 10.7 Å². The maximum atomic E-state index is 13.3. The lowest BCUT2D eigenvalue weighted by atomic mass is 9.97. The van der Waals surface area contributed by atoms with Crippen molar-refractivity contribution >= 4 is 11.6 Å². The number of amides is 1. The summed E-state index contributed by atoms with van der Waals surface area (Å²) in [7, 11) is 0. The number of anilines is 1. The van der Waals surface area contributed by atoms with Gasteiger partial charge in [0.2, 0.25) is 0 Å². The van der Waals surface area contributed by atoms with Gasteiger partial charge in [0, 0.05) is 18.3 Å². The Bertz CT molecular complexity index is 1260. The number of nitrogens with one attached hydrogen (secondary N) is 2. The van der Waals surface area contributed by atoms with E-state index in [0.717, 1.165) is 28.2 Å². The highest BCUT2D eigenvalue weighted by Gasteiger charge is 2.18. The molecule has 1 amide bonds. The fourth-order valence-corrected chi connectivity index (χ4v) is 4.03. The van der Waals surface area contributed by atoms with Gasteiger partial charge in [-0.1, -0.05) is 54.6 Å². The van der Waals surface area contributed by atoms with Gasteiger partial charge >= 0.3 is 0 Å². The SMILES string of the molecule is Cc1cc(C(=O)Nc2cccc(C(NC(C)C)c3ccccc3)c2)n(-c2cccc(CN)c2)n1. The third-order valence-corrected chi connectivity index (χ3v) is 5.57. The Morgan fingerprint density at radius 2 is 1.68 bits per heavy atom. The highest BCUT2D eigenvalue weighted by Crippen LogP contribution is 2.25. The number of hydrogen-bond donors (Lipinski definition) is 3. The fourth-order valence-electron chi connectivity index (χ4n) is 4.03. The van der Waals surface area contributed by atoms with E-state index in [1.807, 2.05) is 67.6 Å². The monoisotopic (exact) mass is 453 g/mol. The minimum Gasteiger partial charge on any atom is -0.326 e. The van der Waals surface area contributed by atoms with Crippen LogP contribution in [0, 0.1) is 6.92 Å². The van der Waals surface area contributed by atoms with Gasteiger partial charge in [-0.15, -0.1) is 0 Å². The smallest absolute Gasteiger partial charge is 0.274 e. The zero-order chi connectivity index (χ0) is 24.1. The lowest BCUT2D eigenvalue weighted by molar-refractivity contribution is 0.101. The van der Waals surface area contributed by atoms with Gasteiger partial charge in [-0.05, 0) is 67.8 Å². The molecule has 0 bridgehead atoms. The molecule has 3 aromatic carbocycles. The molecule has 1 aromatic heterocycles. The average Bonchev–Trinajstić information content (AvgIpc) is 3.25. The van der Waals surface area contributed by atoms with E-state index in [9.17, 15) is 4.79 Å². The van der Waals surface area contributed by atoms with E-state index in [4.69, 9.17) is 5.73 Å². The van der Waals surface area contributed by atoms with Crippen LogP contribution < -0.4 is 16.4 Å². The van der Waals surface area contributed by atoms with E-state index in [2.05, 4.69) is 47.8 Å². The van der Waals surface area contributed by atoms with Crippen LogP contribution in [0.4, 0.5) is 5.69 Å². The number of carbonyl (C=O) groups excluding carboxylic acids is 1. The van der Waals surface area contributed by atoms with Gasteiger partial charge in [0.15, 0.2) is 0 Å². The number of hydrogen-bond acceptors (Lipinski definition) is 4. The van der Waals surface area contributed by atoms with E-state index in [0.29, 0.717) is 18.3 Å². The fraction of sp³-hybridized carbons (Fsp3) is 0.214. The van der Waals surface area contributed by atoms with Gasteiger partial charge < -0.3 is 16.4 Å². The highest BCUT2D eigenvalue weighted by molar-refractivity contribution is 6.03. The molecule has 0 saturated heterocycles. The molecule has 4 rings (SSSR count). The quantitative estimate of drug-likeness (QED) is 0.351. The number of aryl methyl sites for hydroxylation is 1. The Kier molecular flexibility index (Phi) is 7.21. The summed E-state index contributed by atoms with van der Waals surface area (Å²) in [5.74, 6) is -0.219. The molecule has 0 radical (unpaired) electrons. The van der Waals surface area contributed by atoms with E-state index < -0.39 is 0 Å². The zero-order valence-electron chi connectivity index (χ0n) is 19.8. The van der Waals surface area contributed by atoms with Crippen LogP contribution in [0.25, 0.3) is 5.69 Å². The molecule has 0 fully saturated rings. The predicted molar refractivity (Wildman–Crippen MR) is 137 cm³/mol. The molecular weight excluding hydrogens is 422 g/mol. The molecule has 0 saturated carbocycles. The summed E-state index contributed by atoms with van der Waals surface area (Å²) >= 11 is 0. The molecule has 1 atom stereocenters. The van der Waals surface area contributed by atoms with Crippen LogP contribution in [0.1, 0.15) is 52.8 Å². The number of carbonyl (C=O) groups is 1. The molecule has 1 unspecified atom stereocenters. The summed E-state index contributed by atoms with van der Waals surface area (Å²) in [6, 6.07) is 28.2. The van der Waals surface area contributed by atoms with E-state index >= 15 is 0 Å². The first-order valence-corrected chi connectivity index (χ1v) is 11.5. The average molecular weight is 454 g/mol. The van der Waals surface area contributed by atoms with Crippen LogP contribution in [-0.2, 0) is 6.54 Å². The first-order chi connectivity index (χ1) is 16.4. The van der Waals surface area contributed by atoms with Gasteiger partial charge in [0.25, 0.3) is 5.91 Å². The zero-order valence-corrected chi connectivity index (χ0v) is 19.8. The largest absolute Gasteiger partial charge is 0.326 e. The maximum Gasteiger partial charge on any atom is 0.274 e. The second kappa shape index (κ2) is 10.5. The predicted octanol–water partition coefficient (Wildman–Crippen LogP) is 4.98. The van der Waals surface area contributed by atoms with Crippen molar-refractivity contribution in [2.24, 2.45) is 5.73 Å². The number of nitrogens with two attached hydrogens (primary N) is 1. The molecule has 0 spiro atoms. The number of benzene rings is 3. The second-order valence-electron chi connectivity index (χ2n) is 8.70. The van der Waals surface area contributed by atoms with E-state index in [-0.39, 0.29) is 11.9 Å². The molecule has 1 heterocycles. The minimum absolute atomic E-state index is 0.0184. The Hall–Kier alpha value is -3.74. The van der Waals surface area contributed by atoms with Crippen molar-refractivity contribution in [3.63, 3.8) is 0 Å². The van der Waals surface area contributed by atoms with Crippen molar-refractivity contribution in [2.45, 2.75) is 39.4 Å². The van der Waals surface area contributed by atoms with Crippen LogP contribution >= 0.6 is 0 Å². The Morgan fingerprint density at radius 3 is 2.41 bits per heavy atom. The molecular formula is C28H31N5O. The van der Waals surface area contributed by atoms with Gasteiger partial charge in [0.05, 0.1) is 17.4 Å². The molecule has 0 aliphatic heterocycles. The summed E-state index contributed by atoms with van der Waals surface area (Å²) in [5.41, 5.74) is 11.8. The molecule has 174 valence electrons. The van der Waals surface area contributed by atoms with Crippen LogP contribution in [-0.4, -0.2) is 21.7 Å². The third-order valence-electron chi connectivity index (χ3n) is 5.57. The molecule has 0 aliphatic carbocycles. The molecule has 6 heteroatoms. The summed E-state index contributed by atoms with van der Waals surface area (Å²) in [5, 5.41) is 11.2. The molecule has 6 nitrogen and oxygen atoms in total. The Morgan fingerprint density at radius 1 is 0.941 bits per heavy atom. The third kappa shape index (κ3) is 5.42. The summed E-state index contributed by atoms with van der Waals surface area (Å²) < 4.78 is 1.67. The van der Waals surface area contributed by atoms with Crippen molar-refractivity contribution in [3.8, 4) is 5.69 Å². The Labute approximate surface area is 200 Å². The van der Waals surface area contributed by atoms with Crippen molar-refractivity contribution in [1.29, 1.82) is 0 Å². The van der Waals surface area contributed by atoms with Crippen molar-refractivity contribution in [1.82, 2.24) is 15.1 Å². The first kappa shape index (κ1) is 23.4. The lowest BCUT2D eigenvalue weighted by Gasteiger charge is -2.23. The number of aromatic nitrogens is 2. The summed E-state index contributed by atoms with van der Waals surface area (Å²) in [4.78, 5) is 13.3. The standard InChI is InChI=1S/C28H31N5O/c1-19(2)30-27(22-10-5-4-6-11-22)23-12-8-13-24(17-23)31-28(34)26-15-20(3)32-33(26)25-14-7-9-21(16-25)18-29/h4-17,19,27,30H,18,29H2,1-3H3,(H,31,34). The molecule has 34 heavy (non-hydrogen) atoms. The van der Waals surface area contributed by atoms with E-state index in [1.165, 1.54) is 5.56 Å². The first-order valence-electron chi connectivity index (χ1n) is 11.5.